The molecule has 2 nitrogen and oxygen atoms in total. The van der Waals surface area contributed by atoms with Gasteiger partial charge in [-0.3, -0.25) is 5.32 Å². The predicted octanol–water partition coefficient (Wildman–Crippen LogP) is 1.69. The number of nitrogens with one attached hydrogen (secondary N) is 1. The molecule has 0 aliphatic heterocycles. The molecule has 66 valence electrons. The van der Waals surface area contributed by atoms with Crippen LogP contribution in [-0.2, 0) is 4.74 Å². The molecule has 1 aromatic carbocycles. The van der Waals surface area contributed by atoms with E-state index in [-0.39, 0.29) is 12.0 Å². The first kappa shape index (κ1) is 9.16. The largest absolute Gasteiger partial charge is 0.362 e. The minimum Gasteiger partial charge on any atom is -0.362 e. The van der Waals surface area contributed by atoms with Gasteiger partial charge in [-0.2, -0.15) is 0 Å². The molecule has 0 amide bonds. The average molecular weight is 169 g/mol. The van der Waals surface area contributed by atoms with Crippen molar-refractivity contribution in [3.63, 3.8) is 0 Å². The second-order valence-corrected chi connectivity index (χ2v) is 2.43. The fourth-order valence-corrected chi connectivity index (χ4v) is 1.09. The van der Waals surface area contributed by atoms with Crippen molar-refractivity contribution in [3.05, 3.63) is 35.6 Å². The van der Waals surface area contributed by atoms with E-state index in [1.165, 1.54) is 13.2 Å². The Kier molecular flexibility index (Phi) is 3.19. The fraction of sp³-hybridized carbons (Fsp3) is 0.333. The molecule has 1 atom stereocenters. The molecule has 0 aliphatic rings. The number of halogens is 1. The molecular weight excluding hydrogens is 157 g/mol. The van der Waals surface area contributed by atoms with Gasteiger partial charge in [-0.25, -0.2) is 4.39 Å². The van der Waals surface area contributed by atoms with Gasteiger partial charge < -0.3 is 4.74 Å². The van der Waals surface area contributed by atoms with E-state index in [9.17, 15) is 4.39 Å². The maximum Gasteiger partial charge on any atom is 0.136 e. The highest BCUT2D eigenvalue weighted by Gasteiger charge is 2.10. The summed E-state index contributed by atoms with van der Waals surface area (Å²) >= 11 is 0. The summed E-state index contributed by atoms with van der Waals surface area (Å²) in [6.07, 6.45) is -0.369. The minimum atomic E-state index is -0.369. The van der Waals surface area contributed by atoms with Crippen molar-refractivity contribution in [2.75, 3.05) is 14.2 Å². The van der Waals surface area contributed by atoms with Crippen LogP contribution in [0.3, 0.4) is 0 Å². The quantitative estimate of drug-likeness (QED) is 0.695. The van der Waals surface area contributed by atoms with E-state index in [1.54, 1.807) is 25.2 Å². The standard InChI is InChI=1S/C9H12FNO/c1-11-9(12-2)7-5-3-4-6-8(7)10/h3-6,9,11H,1-2H3. The van der Waals surface area contributed by atoms with Gasteiger partial charge in [-0.1, -0.05) is 18.2 Å². The van der Waals surface area contributed by atoms with Crippen LogP contribution in [0.4, 0.5) is 4.39 Å². The molecule has 0 radical (unpaired) electrons. The van der Waals surface area contributed by atoms with Gasteiger partial charge in [-0.15, -0.1) is 0 Å². The molecule has 0 aliphatic carbocycles. The summed E-state index contributed by atoms with van der Waals surface area (Å²) in [6, 6.07) is 6.54. The molecule has 0 bridgehead atoms. The Morgan fingerprint density at radius 3 is 2.58 bits per heavy atom. The van der Waals surface area contributed by atoms with E-state index in [0.717, 1.165) is 0 Å². The van der Waals surface area contributed by atoms with E-state index in [2.05, 4.69) is 5.32 Å². The van der Waals surface area contributed by atoms with Crippen LogP contribution in [0.15, 0.2) is 24.3 Å². The highest BCUT2D eigenvalue weighted by molar-refractivity contribution is 5.19. The third kappa shape index (κ3) is 1.81. The Morgan fingerprint density at radius 2 is 2.08 bits per heavy atom. The topological polar surface area (TPSA) is 21.3 Å². The Balaban J connectivity index is 2.92. The Bertz CT molecular complexity index is 248. The predicted molar refractivity (Wildman–Crippen MR) is 45.2 cm³/mol. The van der Waals surface area contributed by atoms with Crippen molar-refractivity contribution in [3.8, 4) is 0 Å². The van der Waals surface area contributed by atoms with Gasteiger partial charge >= 0.3 is 0 Å². The lowest BCUT2D eigenvalue weighted by molar-refractivity contribution is 0.0778. The summed E-state index contributed by atoms with van der Waals surface area (Å²) in [5, 5.41) is 2.85. The monoisotopic (exact) mass is 169 g/mol. The van der Waals surface area contributed by atoms with Crippen LogP contribution in [0.1, 0.15) is 11.8 Å². The number of ether oxygens (including phenoxy) is 1. The van der Waals surface area contributed by atoms with Gasteiger partial charge in [-0.05, 0) is 13.1 Å². The van der Waals surface area contributed by atoms with Crippen molar-refractivity contribution in [2.45, 2.75) is 6.23 Å². The molecule has 1 N–H and O–H groups in total. The SMILES string of the molecule is CNC(OC)c1ccccc1F. The molecule has 1 aromatic rings. The van der Waals surface area contributed by atoms with E-state index >= 15 is 0 Å². The van der Waals surface area contributed by atoms with Gasteiger partial charge in [0, 0.05) is 12.7 Å². The first-order chi connectivity index (χ1) is 5.79. The zero-order valence-corrected chi connectivity index (χ0v) is 7.17. The number of rotatable bonds is 3. The Hall–Kier alpha value is -0.930. The summed E-state index contributed by atoms with van der Waals surface area (Å²) < 4.78 is 18.1. The third-order valence-corrected chi connectivity index (χ3v) is 1.69. The molecule has 1 unspecified atom stereocenters. The Morgan fingerprint density at radius 1 is 1.42 bits per heavy atom. The van der Waals surface area contributed by atoms with Crippen molar-refractivity contribution < 1.29 is 9.13 Å². The van der Waals surface area contributed by atoms with E-state index in [0.29, 0.717) is 5.56 Å². The lowest BCUT2D eigenvalue weighted by Gasteiger charge is -2.14. The van der Waals surface area contributed by atoms with Crippen molar-refractivity contribution in [1.82, 2.24) is 5.32 Å². The maximum atomic E-state index is 13.1. The molecule has 0 saturated carbocycles. The highest BCUT2D eigenvalue weighted by atomic mass is 19.1. The molecule has 0 spiro atoms. The van der Waals surface area contributed by atoms with Crippen LogP contribution in [0.5, 0.6) is 0 Å². The highest BCUT2D eigenvalue weighted by Crippen LogP contribution is 2.16. The van der Waals surface area contributed by atoms with Crippen LogP contribution in [0, 0.1) is 5.82 Å². The molecule has 0 aromatic heterocycles. The second kappa shape index (κ2) is 4.18. The van der Waals surface area contributed by atoms with Crippen LogP contribution in [0.25, 0.3) is 0 Å². The van der Waals surface area contributed by atoms with Crippen LogP contribution >= 0.6 is 0 Å². The molecule has 0 fully saturated rings. The van der Waals surface area contributed by atoms with Crippen molar-refractivity contribution in [1.29, 1.82) is 0 Å². The van der Waals surface area contributed by atoms with Gasteiger partial charge in [0.15, 0.2) is 0 Å². The number of benzene rings is 1. The third-order valence-electron chi connectivity index (χ3n) is 1.69. The summed E-state index contributed by atoms with van der Waals surface area (Å²) in [6.45, 7) is 0. The summed E-state index contributed by atoms with van der Waals surface area (Å²) in [4.78, 5) is 0. The first-order valence-corrected chi connectivity index (χ1v) is 3.74. The van der Waals surface area contributed by atoms with Gasteiger partial charge in [0.05, 0.1) is 0 Å². The second-order valence-electron chi connectivity index (χ2n) is 2.43. The molecule has 0 saturated heterocycles. The zero-order chi connectivity index (χ0) is 8.97. The smallest absolute Gasteiger partial charge is 0.136 e. The molecule has 12 heavy (non-hydrogen) atoms. The van der Waals surface area contributed by atoms with Crippen LogP contribution in [-0.4, -0.2) is 14.2 Å². The summed E-state index contributed by atoms with van der Waals surface area (Å²) in [5.41, 5.74) is 0.530. The van der Waals surface area contributed by atoms with E-state index in [4.69, 9.17) is 4.74 Å². The van der Waals surface area contributed by atoms with Crippen molar-refractivity contribution in [2.24, 2.45) is 0 Å². The number of hydrogen-bond donors (Lipinski definition) is 1. The van der Waals surface area contributed by atoms with Gasteiger partial charge in [0.25, 0.3) is 0 Å². The van der Waals surface area contributed by atoms with Crippen molar-refractivity contribution >= 4 is 0 Å². The molecule has 0 heterocycles. The lowest BCUT2D eigenvalue weighted by atomic mass is 10.2. The van der Waals surface area contributed by atoms with Gasteiger partial charge in [0.2, 0.25) is 0 Å². The minimum absolute atomic E-state index is 0.251. The van der Waals surface area contributed by atoms with Gasteiger partial charge in [0.1, 0.15) is 12.0 Å². The zero-order valence-electron chi connectivity index (χ0n) is 7.17. The summed E-state index contributed by atoms with van der Waals surface area (Å²) in [5.74, 6) is -0.251. The maximum absolute atomic E-state index is 13.1. The van der Waals surface area contributed by atoms with Crippen LogP contribution < -0.4 is 5.32 Å². The summed E-state index contributed by atoms with van der Waals surface area (Å²) in [7, 11) is 3.26. The molecule has 3 heteroatoms. The number of methoxy groups -OCH3 is 1. The van der Waals surface area contributed by atoms with Crippen LogP contribution in [0.2, 0.25) is 0 Å². The Labute approximate surface area is 71.4 Å². The lowest BCUT2D eigenvalue weighted by Crippen LogP contribution is -2.19. The normalized spacial score (nSPS) is 12.9. The molecule has 1 rings (SSSR count). The van der Waals surface area contributed by atoms with E-state index in [1.807, 2.05) is 0 Å². The van der Waals surface area contributed by atoms with E-state index < -0.39 is 0 Å². The average Bonchev–Trinajstić information content (AvgIpc) is 2.10. The first-order valence-electron chi connectivity index (χ1n) is 3.74. The molecular formula is C9H12FNO. The fourth-order valence-electron chi connectivity index (χ4n) is 1.09. The number of hydrogen-bond acceptors (Lipinski definition) is 2.